The predicted molar refractivity (Wildman–Crippen MR) is 105 cm³/mol. The average molecular weight is 394 g/mol. The van der Waals surface area contributed by atoms with Crippen LogP contribution in [0.3, 0.4) is 0 Å². The summed E-state index contributed by atoms with van der Waals surface area (Å²) in [5, 5.41) is 3.44. The maximum absolute atomic E-state index is 12.3. The Bertz CT molecular complexity index is 735. The maximum atomic E-state index is 12.3. The van der Waals surface area contributed by atoms with Crippen molar-refractivity contribution < 1.29 is 14.3 Å². The topological polar surface area (TPSA) is 84.1 Å². The van der Waals surface area contributed by atoms with Crippen molar-refractivity contribution in [1.82, 2.24) is 15.3 Å². The number of thioether (sulfide) groups is 2. The number of carbonyl (C=O) groups excluding carboxylic acids is 2. The quantitative estimate of drug-likeness (QED) is 0.503. The molecule has 1 atom stereocenters. The monoisotopic (exact) mass is 393 g/mol. The summed E-state index contributed by atoms with van der Waals surface area (Å²) in [5.41, 5.74) is 2.74. The number of esters is 1. The van der Waals surface area contributed by atoms with Crippen molar-refractivity contribution in [2.75, 3.05) is 24.9 Å². The van der Waals surface area contributed by atoms with Gasteiger partial charge in [0.15, 0.2) is 11.2 Å². The molecule has 0 saturated carbocycles. The number of imidazole rings is 1. The van der Waals surface area contributed by atoms with Crippen LogP contribution in [0.15, 0.2) is 35.5 Å². The van der Waals surface area contributed by atoms with Gasteiger partial charge in [0.25, 0.3) is 0 Å². The summed E-state index contributed by atoms with van der Waals surface area (Å²) in [4.78, 5) is 32.0. The lowest BCUT2D eigenvalue weighted by atomic mass is 10.1. The van der Waals surface area contributed by atoms with Gasteiger partial charge in [-0.25, -0.2) is 9.78 Å². The molecule has 0 spiro atoms. The molecule has 0 unspecified atom stereocenters. The average Bonchev–Trinajstić information content (AvgIpc) is 3.02. The van der Waals surface area contributed by atoms with Crippen LogP contribution >= 0.6 is 23.5 Å². The first-order valence-electron chi connectivity index (χ1n) is 8.14. The number of H-pyrrole nitrogens is 1. The molecule has 2 aromatic rings. The molecule has 26 heavy (non-hydrogen) atoms. The zero-order chi connectivity index (χ0) is 18.9. The summed E-state index contributed by atoms with van der Waals surface area (Å²) in [6, 6.07) is 8.22. The number of carbonyl (C=O) groups is 2. The first-order valence-corrected chi connectivity index (χ1v) is 10.5. The molecule has 0 aliphatic carbocycles. The van der Waals surface area contributed by atoms with Crippen molar-refractivity contribution in [3.8, 4) is 0 Å². The van der Waals surface area contributed by atoms with E-state index in [0.717, 1.165) is 23.6 Å². The summed E-state index contributed by atoms with van der Waals surface area (Å²) in [5.74, 6) is 0.417. The molecule has 1 amide bonds. The van der Waals surface area contributed by atoms with Crippen molar-refractivity contribution in [1.29, 1.82) is 0 Å². The van der Waals surface area contributed by atoms with E-state index in [9.17, 15) is 9.59 Å². The van der Waals surface area contributed by atoms with Gasteiger partial charge in [0, 0.05) is 12.1 Å². The van der Waals surface area contributed by atoms with E-state index in [1.165, 1.54) is 18.9 Å². The van der Waals surface area contributed by atoms with Gasteiger partial charge >= 0.3 is 5.97 Å². The first-order chi connectivity index (χ1) is 12.5. The number of aromatic amines is 1. The van der Waals surface area contributed by atoms with Crippen LogP contribution in [0, 0.1) is 6.92 Å². The third-order valence-electron chi connectivity index (χ3n) is 3.72. The zero-order valence-corrected chi connectivity index (χ0v) is 16.7. The van der Waals surface area contributed by atoms with E-state index in [4.69, 9.17) is 4.74 Å². The number of benzene rings is 1. The largest absolute Gasteiger partial charge is 0.467 e. The molecule has 8 heteroatoms. The van der Waals surface area contributed by atoms with Crippen molar-refractivity contribution in [3.05, 3.63) is 47.3 Å². The molecule has 0 bridgehead atoms. The second-order valence-electron chi connectivity index (χ2n) is 5.58. The minimum Gasteiger partial charge on any atom is -0.467 e. The Hall–Kier alpha value is -1.93. The van der Waals surface area contributed by atoms with Gasteiger partial charge in [0.1, 0.15) is 0 Å². The number of methoxy groups -OCH3 is 1. The van der Waals surface area contributed by atoms with Gasteiger partial charge in [-0.3, -0.25) is 4.79 Å². The van der Waals surface area contributed by atoms with Crippen LogP contribution in [-0.4, -0.2) is 46.7 Å². The highest BCUT2D eigenvalue weighted by atomic mass is 32.2. The number of rotatable bonds is 9. The number of aromatic nitrogens is 2. The van der Waals surface area contributed by atoms with Gasteiger partial charge in [0.05, 0.1) is 18.6 Å². The molecule has 0 saturated heterocycles. The van der Waals surface area contributed by atoms with Gasteiger partial charge in [-0.15, -0.1) is 0 Å². The maximum Gasteiger partial charge on any atom is 0.333 e. The third kappa shape index (κ3) is 5.81. The highest BCUT2D eigenvalue weighted by Crippen LogP contribution is 2.19. The molecule has 0 aliphatic heterocycles. The summed E-state index contributed by atoms with van der Waals surface area (Å²) < 4.78 is 4.81. The van der Waals surface area contributed by atoms with E-state index in [1.807, 2.05) is 25.1 Å². The Labute approximate surface area is 161 Å². The number of ether oxygens (including phenoxy) is 1. The van der Waals surface area contributed by atoms with Crippen LogP contribution in [0.25, 0.3) is 0 Å². The van der Waals surface area contributed by atoms with Crippen LogP contribution in [0.4, 0.5) is 0 Å². The standard InChI is InChI=1S/C18H23N3O3S2/c1-12-14(9-10-25-3)20-18(19-12)26-11-15(22)21-16(17(23)24-2)13-7-5-4-6-8-13/h4-8,16H,9-11H2,1-3H3,(H,19,20)(H,21,22)/t16-/m1/s1. The highest BCUT2D eigenvalue weighted by molar-refractivity contribution is 7.99. The lowest BCUT2D eigenvalue weighted by molar-refractivity contribution is -0.145. The van der Waals surface area contributed by atoms with Gasteiger partial charge < -0.3 is 15.0 Å². The Balaban J connectivity index is 1.95. The van der Waals surface area contributed by atoms with E-state index >= 15 is 0 Å². The molecular weight excluding hydrogens is 370 g/mol. The normalized spacial score (nSPS) is 11.8. The molecule has 2 rings (SSSR count). The SMILES string of the molecule is COC(=O)[C@H](NC(=O)CSc1nc(CCSC)c(C)[nH]1)c1ccccc1. The van der Waals surface area contributed by atoms with Crippen LogP contribution in [0.1, 0.15) is 23.0 Å². The fourth-order valence-corrected chi connectivity index (χ4v) is 3.50. The zero-order valence-electron chi connectivity index (χ0n) is 15.1. The predicted octanol–water partition coefficient (Wildman–Crippen LogP) is 2.75. The number of amides is 1. The van der Waals surface area contributed by atoms with Gasteiger partial charge in [-0.2, -0.15) is 11.8 Å². The third-order valence-corrected chi connectivity index (χ3v) is 5.21. The number of hydrogen-bond donors (Lipinski definition) is 2. The van der Waals surface area contributed by atoms with Crippen molar-refractivity contribution in [2.24, 2.45) is 0 Å². The van der Waals surface area contributed by atoms with Gasteiger partial charge in [-0.05, 0) is 24.5 Å². The summed E-state index contributed by atoms with van der Waals surface area (Å²) >= 11 is 3.09. The smallest absolute Gasteiger partial charge is 0.333 e. The first kappa shape index (κ1) is 20.4. The fourth-order valence-electron chi connectivity index (χ4n) is 2.36. The van der Waals surface area contributed by atoms with Crippen molar-refractivity contribution in [3.63, 3.8) is 0 Å². The van der Waals surface area contributed by atoms with Gasteiger partial charge in [0.2, 0.25) is 5.91 Å². The minimum absolute atomic E-state index is 0.162. The van der Waals surface area contributed by atoms with Crippen LogP contribution < -0.4 is 5.32 Å². The van der Waals surface area contributed by atoms with E-state index in [0.29, 0.717) is 10.7 Å². The molecule has 0 aliphatic rings. The Morgan fingerprint density at radius 3 is 2.69 bits per heavy atom. The lowest BCUT2D eigenvalue weighted by Crippen LogP contribution is -2.35. The Morgan fingerprint density at radius 2 is 2.04 bits per heavy atom. The van der Waals surface area contributed by atoms with Crippen LogP contribution in [-0.2, 0) is 20.7 Å². The molecule has 1 aromatic heterocycles. The van der Waals surface area contributed by atoms with Crippen LogP contribution in [0.2, 0.25) is 0 Å². The highest BCUT2D eigenvalue weighted by Gasteiger charge is 2.23. The van der Waals surface area contributed by atoms with Crippen molar-refractivity contribution >= 4 is 35.4 Å². The second kappa shape index (κ2) is 10.3. The Morgan fingerprint density at radius 1 is 1.31 bits per heavy atom. The van der Waals surface area contributed by atoms with E-state index in [1.54, 1.807) is 23.9 Å². The van der Waals surface area contributed by atoms with E-state index in [-0.39, 0.29) is 11.7 Å². The van der Waals surface area contributed by atoms with Gasteiger partial charge in [-0.1, -0.05) is 42.1 Å². The number of aryl methyl sites for hydroxylation is 2. The second-order valence-corrected chi connectivity index (χ2v) is 7.53. The number of nitrogens with zero attached hydrogens (tertiary/aromatic N) is 1. The molecule has 1 heterocycles. The fraction of sp³-hybridized carbons (Fsp3) is 0.389. The van der Waals surface area contributed by atoms with E-state index in [2.05, 4.69) is 21.5 Å². The molecule has 2 N–H and O–H groups in total. The summed E-state index contributed by atoms with van der Waals surface area (Å²) in [6.45, 7) is 1.98. The molecule has 140 valence electrons. The molecule has 6 nitrogen and oxygen atoms in total. The summed E-state index contributed by atoms with van der Waals surface area (Å²) in [6.07, 6.45) is 2.96. The number of nitrogens with one attached hydrogen (secondary N) is 2. The van der Waals surface area contributed by atoms with Crippen molar-refractivity contribution in [2.45, 2.75) is 24.5 Å². The minimum atomic E-state index is -0.815. The Kier molecular flexibility index (Phi) is 8.06. The van der Waals surface area contributed by atoms with E-state index < -0.39 is 12.0 Å². The lowest BCUT2D eigenvalue weighted by Gasteiger charge is -2.16. The molecular formula is C18H23N3O3S2. The number of hydrogen-bond acceptors (Lipinski definition) is 6. The van der Waals surface area contributed by atoms with Crippen LogP contribution in [0.5, 0.6) is 0 Å². The molecule has 1 aromatic carbocycles. The summed E-state index contributed by atoms with van der Waals surface area (Å²) in [7, 11) is 1.31. The molecule has 0 radical (unpaired) electrons. The molecule has 0 fully saturated rings.